The Hall–Kier alpha value is -1.98. The number of carbonyl (C=O) groups excluding carboxylic acids is 1. The highest BCUT2D eigenvalue weighted by Gasteiger charge is 2.50. The number of benzene rings is 1. The number of rotatable bonds is 3. The van der Waals surface area contributed by atoms with Crippen molar-refractivity contribution in [3.63, 3.8) is 0 Å². The molecule has 2 fully saturated rings. The van der Waals surface area contributed by atoms with E-state index in [4.69, 9.17) is 4.98 Å². The van der Waals surface area contributed by atoms with Crippen molar-refractivity contribution in [2.24, 2.45) is 0 Å². The van der Waals surface area contributed by atoms with Crippen molar-refractivity contribution in [2.75, 3.05) is 26.2 Å². The molecule has 0 spiro atoms. The average molecular weight is 311 g/mol. The van der Waals surface area contributed by atoms with E-state index in [-0.39, 0.29) is 5.91 Å². The molecule has 1 aliphatic carbocycles. The predicted molar refractivity (Wildman–Crippen MR) is 87.8 cm³/mol. The Labute approximate surface area is 135 Å². The van der Waals surface area contributed by atoms with Gasteiger partial charge in [-0.15, -0.1) is 0 Å². The number of amides is 1. The predicted octanol–water partition coefficient (Wildman–Crippen LogP) is 1.40. The first-order chi connectivity index (χ1) is 11.1. The molecule has 1 saturated carbocycles. The molecule has 0 atom stereocenters. The van der Waals surface area contributed by atoms with Gasteiger partial charge in [0.2, 0.25) is 0 Å². The summed E-state index contributed by atoms with van der Waals surface area (Å²) < 4.78 is 0. The molecule has 1 aromatic carbocycles. The largest absolute Gasteiger partial charge is 0.380 e. The van der Waals surface area contributed by atoms with Crippen LogP contribution in [0.15, 0.2) is 36.4 Å². The van der Waals surface area contributed by atoms with Crippen molar-refractivity contribution in [2.45, 2.75) is 25.0 Å². The maximum absolute atomic E-state index is 12.1. The minimum atomic E-state index is -1.04. The third-order valence-electron chi connectivity index (χ3n) is 4.82. The smallest absolute Gasteiger partial charge is 0.254 e. The molecule has 5 nitrogen and oxygen atoms in total. The third kappa shape index (κ3) is 2.94. The topological polar surface area (TPSA) is 56.7 Å². The summed E-state index contributed by atoms with van der Waals surface area (Å²) in [7, 11) is 0. The van der Waals surface area contributed by atoms with Crippen LogP contribution < -0.4 is 0 Å². The van der Waals surface area contributed by atoms with E-state index in [1.807, 2.05) is 18.2 Å². The minimum absolute atomic E-state index is 0.0824. The number of carbonyl (C=O) groups is 1. The van der Waals surface area contributed by atoms with Crippen molar-refractivity contribution >= 4 is 16.8 Å². The highest BCUT2D eigenvalue weighted by atomic mass is 16.3. The molecule has 23 heavy (non-hydrogen) atoms. The quantitative estimate of drug-likeness (QED) is 0.931. The zero-order valence-electron chi connectivity index (χ0n) is 13.1. The fourth-order valence-electron chi connectivity index (χ4n) is 3.16. The molecule has 1 aromatic heterocycles. The number of aliphatic hydroxyl groups is 1. The lowest BCUT2D eigenvalue weighted by Gasteiger charge is -2.35. The highest BCUT2D eigenvalue weighted by molar-refractivity contribution is 5.87. The average Bonchev–Trinajstić information content (AvgIpc) is 3.34. The molecule has 1 N–H and O–H groups in total. The first kappa shape index (κ1) is 14.6. The summed E-state index contributed by atoms with van der Waals surface area (Å²) in [4.78, 5) is 21.0. The number of hydrogen-bond donors (Lipinski definition) is 1. The number of piperazine rings is 1. The van der Waals surface area contributed by atoms with Crippen LogP contribution in [0, 0.1) is 0 Å². The highest BCUT2D eigenvalue weighted by Crippen LogP contribution is 2.37. The van der Waals surface area contributed by atoms with E-state index >= 15 is 0 Å². The monoisotopic (exact) mass is 311 g/mol. The molecule has 2 heterocycles. The van der Waals surface area contributed by atoms with Crippen LogP contribution in [0.5, 0.6) is 0 Å². The van der Waals surface area contributed by atoms with E-state index in [0.717, 1.165) is 36.2 Å². The first-order valence-corrected chi connectivity index (χ1v) is 8.23. The van der Waals surface area contributed by atoms with Crippen LogP contribution in [0.1, 0.15) is 18.5 Å². The van der Waals surface area contributed by atoms with E-state index in [0.29, 0.717) is 25.9 Å². The van der Waals surface area contributed by atoms with Crippen LogP contribution in [0.25, 0.3) is 10.9 Å². The lowest BCUT2D eigenvalue weighted by Crippen LogP contribution is -2.51. The van der Waals surface area contributed by atoms with Gasteiger partial charge in [-0.1, -0.05) is 24.3 Å². The van der Waals surface area contributed by atoms with Gasteiger partial charge in [-0.2, -0.15) is 0 Å². The number of para-hydroxylation sites is 1. The zero-order valence-corrected chi connectivity index (χ0v) is 13.1. The summed E-state index contributed by atoms with van der Waals surface area (Å²) in [5.41, 5.74) is 1.04. The second-order valence-electron chi connectivity index (χ2n) is 6.60. The number of aromatic nitrogens is 1. The normalized spacial score (nSPS) is 20.7. The van der Waals surface area contributed by atoms with Crippen LogP contribution in [0.2, 0.25) is 0 Å². The standard InChI is InChI=1S/C18H21N3O2/c22-17(18(23)7-8-18)21-11-9-20(10-12-21)13-15-6-5-14-3-1-2-4-16(14)19-15/h1-6,23H,7-13H2. The van der Waals surface area contributed by atoms with Gasteiger partial charge in [0.15, 0.2) is 0 Å². The molecule has 5 heteroatoms. The molecule has 4 rings (SSSR count). The van der Waals surface area contributed by atoms with Crippen LogP contribution in [-0.2, 0) is 11.3 Å². The second kappa shape index (κ2) is 5.58. The number of fused-ring (bicyclic) bond motifs is 1. The first-order valence-electron chi connectivity index (χ1n) is 8.23. The van der Waals surface area contributed by atoms with Crippen LogP contribution in [0.4, 0.5) is 0 Å². The van der Waals surface area contributed by atoms with Gasteiger partial charge in [-0.25, -0.2) is 0 Å². The maximum atomic E-state index is 12.1. The van der Waals surface area contributed by atoms with Crippen LogP contribution in [-0.4, -0.2) is 57.6 Å². The number of pyridine rings is 1. The Balaban J connectivity index is 1.37. The van der Waals surface area contributed by atoms with Crippen LogP contribution >= 0.6 is 0 Å². The van der Waals surface area contributed by atoms with E-state index in [2.05, 4.69) is 23.1 Å². The van der Waals surface area contributed by atoms with Gasteiger partial charge in [0.1, 0.15) is 5.60 Å². The molecule has 1 saturated heterocycles. The summed E-state index contributed by atoms with van der Waals surface area (Å²) in [6.07, 6.45) is 1.24. The Kier molecular flexibility index (Phi) is 3.54. The summed E-state index contributed by atoms with van der Waals surface area (Å²) >= 11 is 0. The Morgan fingerprint density at radius 1 is 1.09 bits per heavy atom. The second-order valence-corrected chi connectivity index (χ2v) is 6.60. The van der Waals surface area contributed by atoms with E-state index < -0.39 is 5.60 Å². The molecule has 0 unspecified atom stereocenters. The molecule has 1 amide bonds. The molecular weight excluding hydrogens is 290 g/mol. The lowest BCUT2D eigenvalue weighted by atomic mass is 10.2. The fraction of sp³-hybridized carbons (Fsp3) is 0.444. The summed E-state index contributed by atoms with van der Waals surface area (Å²) in [5.74, 6) is -0.0824. The molecule has 0 bridgehead atoms. The Morgan fingerprint density at radius 2 is 1.83 bits per heavy atom. The van der Waals surface area contributed by atoms with Crippen molar-refractivity contribution < 1.29 is 9.90 Å². The van der Waals surface area contributed by atoms with Gasteiger partial charge in [0.25, 0.3) is 5.91 Å². The number of nitrogens with zero attached hydrogens (tertiary/aromatic N) is 3. The Bertz CT molecular complexity index is 734. The van der Waals surface area contributed by atoms with Gasteiger partial charge < -0.3 is 10.0 Å². The molecule has 120 valence electrons. The maximum Gasteiger partial charge on any atom is 0.254 e. The fourth-order valence-corrected chi connectivity index (χ4v) is 3.16. The SMILES string of the molecule is O=C(N1CCN(Cc2ccc3ccccc3n2)CC1)C1(O)CC1. The summed E-state index contributed by atoms with van der Waals surface area (Å²) in [6.45, 7) is 3.84. The van der Waals surface area contributed by atoms with Crippen molar-refractivity contribution in [3.8, 4) is 0 Å². The van der Waals surface area contributed by atoms with Crippen molar-refractivity contribution in [3.05, 3.63) is 42.1 Å². The van der Waals surface area contributed by atoms with E-state index in [1.165, 1.54) is 0 Å². The summed E-state index contributed by atoms with van der Waals surface area (Å²) in [5, 5.41) is 11.1. The van der Waals surface area contributed by atoms with Crippen LogP contribution in [0.3, 0.4) is 0 Å². The van der Waals surface area contributed by atoms with Gasteiger partial charge in [0.05, 0.1) is 11.2 Å². The zero-order chi connectivity index (χ0) is 15.9. The van der Waals surface area contributed by atoms with Crippen molar-refractivity contribution in [1.82, 2.24) is 14.8 Å². The molecule has 1 aliphatic heterocycles. The molecule has 0 radical (unpaired) electrons. The van der Waals surface area contributed by atoms with Gasteiger partial charge in [-0.3, -0.25) is 14.7 Å². The van der Waals surface area contributed by atoms with Gasteiger partial charge in [-0.05, 0) is 25.0 Å². The van der Waals surface area contributed by atoms with E-state index in [9.17, 15) is 9.90 Å². The Morgan fingerprint density at radius 3 is 2.57 bits per heavy atom. The summed E-state index contributed by atoms with van der Waals surface area (Å²) in [6, 6.07) is 12.3. The van der Waals surface area contributed by atoms with E-state index in [1.54, 1.807) is 4.90 Å². The number of hydrogen-bond acceptors (Lipinski definition) is 4. The molecule has 2 aliphatic rings. The van der Waals surface area contributed by atoms with Gasteiger partial charge in [0, 0.05) is 38.1 Å². The molecular formula is C18H21N3O2. The lowest BCUT2D eigenvalue weighted by molar-refractivity contribution is -0.144. The van der Waals surface area contributed by atoms with Crippen molar-refractivity contribution in [1.29, 1.82) is 0 Å². The third-order valence-corrected chi connectivity index (χ3v) is 4.82. The minimum Gasteiger partial charge on any atom is -0.380 e. The molecule has 2 aromatic rings. The van der Waals surface area contributed by atoms with Gasteiger partial charge >= 0.3 is 0 Å².